The SMILES string of the molecule is COCCCNC(=NCc1nnc(C)n1C)NCCCOCC1CCOCC1.I. The topological polar surface area (TPSA) is 94.8 Å². The molecule has 0 saturated carbocycles. The highest BCUT2D eigenvalue weighted by Crippen LogP contribution is 2.14. The van der Waals surface area contributed by atoms with Crippen LogP contribution >= 0.6 is 24.0 Å². The van der Waals surface area contributed by atoms with Crippen molar-refractivity contribution in [2.75, 3.05) is 53.2 Å². The van der Waals surface area contributed by atoms with Gasteiger partial charge in [0, 0.05) is 60.3 Å². The summed E-state index contributed by atoms with van der Waals surface area (Å²) in [6, 6.07) is 0. The molecular weight excluding hydrogens is 487 g/mol. The summed E-state index contributed by atoms with van der Waals surface area (Å²) in [6.45, 7) is 8.08. The molecule has 10 heteroatoms. The minimum Gasteiger partial charge on any atom is -0.385 e. The first-order valence-corrected chi connectivity index (χ1v) is 10.2. The van der Waals surface area contributed by atoms with Crippen molar-refractivity contribution < 1.29 is 14.2 Å². The van der Waals surface area contributed by atoms with Crippen molar-refractivity contribution in [1.29, 1.82) is 0 Å². The molecule has 1 aliphatic heterocycles. The van der Waals surface area contributed by atoms with Crippen molar-refractivity contribution in [1.82, 2.24) is 25.4 Å². The summed E-state index contributed by atoms with van der Waals surface area (Å²) in [6.07, 6.45) is 4.09. The molecule has 9 nitrogen and oxygen atoms in total. The van der Waals surface area contributed by atoms with Gasteiger partial charge in [-0.15, -0.1) is 34.2 Å². The van der Waals surface area contributed by atoms with Gasteiger partial charge < -0.3 is 29.4 Å². The molecule has 2 rings (SSSR count). The number of hydrogen-bond acceptors (Lipinski definition) is 6. The number of rotatable bonds is 12. The average molecular weight is 524 g/mol. The van der Waals surface area contributed by atoms with E-state index in [-0.39, 0.29) is 24.0 Å². The first kappa shape index (κ1) is 26.1. The Morgan fingerprint density at radius 3 is 2.48 bits per heavy atom. The van der Waals surface area contributed by atoms with Crippen molar-refractivity contribution >= 4 is 29.9 Å². The lowest BCUT2D eigenvalue weighted by Crippen LogP contribution is -2.39. The molecule has 0 atom stereocenters. The van der Waals surface area contributed by atoms with Crippen LogP contribution in [0, 0.1) is 12.8 Å². The van der Waals surface area contributed by atoms with E-state index >= 15 is 0 Å². The third-order valence-electron chi connectivity index (χ3n) is 4.83. The molecule has 1 aromatic heterocycles. The van der Waals surface area contributed by atoms with Crippen LogP contribution in [0.2, 0.25) is 0 Å². The molecule has 0 radical (unpaired) electrons. The number of methoxy groups -OCH3 is 1. The van der Waals surface area contributed by atoms with E-state index < -0.39 is 0 Å². The van der Waals surface area contributed by atoms with Gasteiger partial charge in [0.2, 0.25) is 0 Å². The van der Waals surface area contributed by atoms with Gasteiger partial charge in [-0.25, -0.2) is 4.99 Å². The molecule has 0 aromatic carbocycles. The highest BCUT2D eigenvalue weighted by Gasteiger charge is 2.13. The number of ether oxygens (including phenoxy) is 3. The van der Waals surface area contributed by atoms with Crippen LogP contribution in [0.4, 0.5) is 0 Å². The van der Waals surface area contributed by atoms with Crippen molar-refractivity contribution in [3.8, 4) is 0 Å². The van der Waals surface area contributed by atoms with Gasteiger partial charge in [0.25, 0.3) is 0 Å². The van der Waals surface area contributed by atoms with E-state index in [1.807, 2.05) is 18.5 Å². The summed E-state index contributed by atoms with van der Waals surface area (Å²) >= 11 is 0. The molecular formula is C19H37IN6O3. The molecule has 168 valence electrons. The number of aryl methyl sites for hydroxylation is 1. The lowest BCUT2D eigenvalue weighted by Gasteiger charge is -2.21. The first-order valence-electron chi connectivity index (χ1n) is 10.2. The Bertz CT molecular complexity index is 578. The Hall–Kier alpha value is -0.980. The fourth-order valence-corrected chi connectivity index (χ4v) is 2.88. The summed E-state index contributed by atoms with van der Waals surface area (Å²) in [5.74, 6) is 3.15. The lowest BCUT2D eigenvalue weighted by atomic mass is 10.0. The van der Waals surface area contributed by atoms with Gasteiger partial charge in [0.15, 0.2) is 11.8 Å². The monoisotopic (exact) mass is 524 g/mol. The predicted octanol–water partition coefficient (Wildman–Crippen LogP) is 1.65. The van der Waals surface area contributed by atoms with Crippen LogP contribution < -0.4 is 10.6 Å². The van der Waals surface area contributed by atoms with Crippen LogP contribution in [0.3, 0.4) is 0 Å². The minimum absolute atomic E-state index is 0. The highest BCUT2D eigenvalue weighted by atomic mass is 127. The van der Waals surface area contributed by atoms with Gasteiger partial charge in [0.1, 0.15) is 12.4 Å². The zero-order valence-electron chi connectivity index (χ0n) is 18.0. The summed E-state index contributed by atoms with van der Waals surface area (Å²) in [4.78, 5) is 4.63. The van der Waals surface area contributed by atoms with Crippen LogP contribution in [0.15, 0.2) is 4.99 Å². The third kappa shape index (κ3) is 10.6. The third-order valence-corrected chi connectivity index (χ3v) is 4.83. The number of nitrogens with one attached hydrogen (secondary N) is 2. The Kier molecular flexibility index (Phi) is 14.2. The molecule has 0 aliphatic carbocycles. The van der Waals surface area contributed by atoms with E-state index in [9.17, 15) is 0 Å². The Labute approximate surface area is 191 Å². The molecule has 2 N–H and O–H groups in total. The van der Waals surface area contributed by atoms with Crippen LogP contribution in [-0.4, -0.2) is 74.0 Å². The van der Waals surface area contributed by atoms with Gasteiger partial charge >= 0.3 is 0 Å². The minimum atomic E-state index is 0. The maximum atomic E-state index is 5.82. The molecule has 0 bridgehead atoms. The fourth-order valence-electron chi connectivity index (χ4n) is 2.88. The van der Waals surface area contributed by atoms with Crippen LogP contribution in [0.1, 0.15) is 37.3 Å². The molecule has 1 aromatic rings. The van der Waals surface area contributed by atoms with Crippen molar-refractivity contribution in [3.05, 3.63) is 11.6 Å². The van der Waals surface area contributed by atoms with E-state index in [0.717, 1.165) is 89.4 Å². The van der Waals surface area contributed by atoms with Gasteiger partial charge in [-0.05, 0) is 38.5 Å². The lowest BCUT2D eigenvalue weighted by molar-refractivity contribution is 0.0203. The predicted molar refractivity (Wildman–Crippen MR) is 124 cm³/mol. The summed E-state index contributed by atoms with van der Waals surface area (Å²) in [7, 11) is 3.67. The second-order valence-electron chi connectivity index (χ2n) is 7.07. The fraction of sp³-hybridized carbons (Fsp3) is 0.842. The molecule has 0 spiro atoms. The van der Waals surface area contributed by atoms with Crippen LogP contribution in [0.5, 0.6) is 0 Å². The van der Waals surface area contributed by atoms with Gasteiger partial charge in [0.05, 0.1) is 0 Å². The number of nitrogens with zero attached hydrogens (tertiary/aromatic N) is 4. The normalized spacial score (nSPS) is 15.2. The molecule has 1 aliphatic rings. The van der Waals surface area contributed by atoms with E-state index in [1.165, 1.54) is 0 Å². The summed E-state index contributed by atoms with van der Waals surface area (Å²) in [5.41, 5.74) is 0. The van der Waals surface area contributed by atoms with E-state index in [2.05, 4.69) is 25.8 Å². The summed E-state index contributed by atoms with van der Waals surface area (Å²) in [5, 5.41) is 15.0. The number of guanidine groups is 1. The van der Waals surface area contributed by atoms with E-state index in [1.54, 1.807) is 7.11 Å². The molecule has 0 amide bonds. The van der Waals surface area contributed by atoms with Gasteiger partial charge in [-0.1, -0.05) is 0 Å². The maximum Gasteiger partial charge on any atom is 0.191 e. The van der Waals surface area contributed by atoms with Gasteiger partial charge in [-0.3, -0.25) is 0 Å². The Morgan fingerprint density at radius 2 is 1.86 bits per heavy atom. The quantitative estimate of drug-likeness (QED) is 0.186. The highest BCUT2D eigenvalue weighted by molar-refractivity contribution is 14.0. The number of aliphatic imine (C=N–C) groups is 1. The number of aromatic nitrogens is 3. The van der Waals surface area contributed by atoms with Crippen molar-refractivity contribution in [3.63, 3.8) is 0 Å². The maximum absolute atomic E-state index is 5.82. The standard InChI is InChI=1S/C19H36N6O3.HI/c1-16-23-24-18(25(16)2)14-22-19(20-8-4-10-26-3)21-9-5-11-28-15-17-6-12-27-13-7-17;/h17H,4-15H2,1-3H3,(H2,20,21,22);1H. The molecule has 29 heavy (non-hydrogen) atoms. The first-order chi connectivity index (χ1) is 13.7. The van der Waals surface area contributed by atoms with Gasteiger partial charge in [-0.2, -0.15) is 0 Å². The largest absolute Gasteiger partial charge is 0.385 e. The second-order valence-corrected chi connectivity index (χ2v) is 7.07. The van der Waals surface area contributed by atoms with Crippen LogP contribution in [-0.2, 0) is 27.8 Å². The van der Waals surface area contributed by atoms with Crippen LogP contribution in [0.25, 0.3) is 0 Å². The van der Waals surface area contributed by atoms with E-state index in [4.69, 9.17) is 14.2 Å². The zero-order valence-corrected chi connectivity index (χ0v) is 20.3. The van der Waals surface area contributed by atoms with Crippen molar-refractivity contribution in [2.45, 2.75) is 39.2 Å². The number of halogens is 1. The zero-order chi connectivity index (χ0) is 20.0. The molecule has 0 unspecified atom stereocenters. The van der Waals surface area contributed by atoms with Crippen molar-refractivity contribution in [2.24, 2.45) is 18.0 Å². The Balaban J connectivity index is 0.00000420. The summed E-state index contributed by atoms with van der Waals surface area (Å²) < 4.78 is 18.3. The molecule has 1 saturated heterocycles. The Morgan fingerprint density at radius 1 is 1.17 bits per heavy atom. The smallest absolute Gasteiger partial charge is 0.191 e. The molecule has 2 heterocycles. The van der Waals surface area contributed by atoms with E-state index in [0.29, 0.717) is 12.5 Å². The second kappa shape index (κ2) is 15.8. The average Bonchev–Trinajstić information content (AvgIpc) is 3.04. The molecule has 1 fully saturated rings. The number of hydrogen-bond donors (Lipinski definition) is 2.